The van der Waals surface area contributed by atoms with Gasteiger partial charge < -0.3 is 20.0 Å². The number of aryl methyl sites for hydroxylation is 1. The van der Waals surface area contributed by atoms with Crippen LogP contribution in [0.25, 0.3) is 11.3 Å². The average molecular weight is 453 g/mol. The molecular formula is C24H28N4O3S. The van der Waals surface area contributed by atoms with E-state index < -0.39 is 0 Å². The van der Waals surface area contributed by atoms with Crippen molar-refractivity contribution in [2.24, 2.45) is 0 Å². The van der Waals surface area contributed by atoms with Gasteiger partial charge in [-0.2, -0.15) is 0 Å². The van der Waals surface area contributed by atoms with Crippen molar-refractivity contribution in [2.45, 2.75) is 46.1 Å². The van der Waals surface area contributed by atoms with Crippen LogP contribution in [0.15, 0.2) is 48.1 Å². The molecule has 0 aliphatic heterocycles. The van der Waals surface area contributed by atoms with Gasteiger partial charge in [-0.1, -0.05) is 24.3 Å². The standard InChI is InChI=1S/C24H28N4O3S/c1-16(29)5-6-17-7-9-18(10-8-17)20-15-32-23(26-20)27-21(30)13-25-22(31)19-11-12-28(14-19)24(2,3)4/h7-12,14-15H,5-6,13H2,1-4H3,(H,25,31)(H,26,27,30). The van der Waals surface area contributed by atoms with E-state index in [1.807, 2.05) is 61.2 Å². The summed E-state index contributed by atoms with van der Waals surface area (Å²) in [5.74, 6) is -0.463. The minimum Gasteiger partial charge on any atom is -0.348 e. The lowest BCUT2D eigenvalue weighted by Crippen LogP contribution is -2.32. The Bertz CT molecular complexity index is 1110. The monoisotopic (exact) mass is 452 g/mol. The van der Waals surface area contributed by atoms with Crippen molar-refractivity contribution in [3.05, 3.63) is 59.2 Å². The van der Waals surface area contributed by atoms with E-state index in [4.69, 9.17) is 0 Å². The summed E-state index contributed by atoms with van der Waals surface area (Å²) in [7, 11) is 0. The van der Waals surface area contributed by atoms with Crippen molar-refractivity contribution in [3.63, 3.8) is 0 Å². The summed E-state index contributed by atoms with van der Waals surface area (Å²) in [6.45, 7) is 7.60. The van der Waals surface area contributed by atoms with Gasteiger partial charge in [-0.25, -0.2) is 4.98 Å². The maximum atomic E-state index is 12.3. The molecule has 0 saturated carbocycles. The Morgan fingerprint density at radius 2 is 1.81 bits per heavy atom. The first-order valence-electron chi connectivity index (χ1n) is 10.4. The normalized spacial score (nSPS) is 11.2. The van der Waals surface area contributed by atoms with Crippen LogP contribution in [0.3, 0.4) is 0 Å². The van der Waals surface area contributed by atoms with Gasteiger partial charge >= 0.3 is 0 Å². The third-order valence-electron chi connectivity index (χ3n) is 4.91. The molecule has 0 atom stereocenters. The van der Waals surface area contributed by atoms with Crippen molar-refractivity contribution in [1.29, 1.82) is 0 Å². The molecule has 0 spiro atoms. The second-order valence-corrected chi connectivity index (χ2v) is 9.50. The highest BCUT2D eigenvalue weighted by Gasteiger charge is 2.16. The molecule has 2 aromatic heterocycles. The summed E-state index contributed by atoms with van der Waals surface area (Å²) >= 11 is 1.32. The molecular weight excluding hydrogens is 424 g/mol. The number of thiazole rings is 1. The minimum absolute atomic E-state index is 0.118. The van der Waals surface area contributed by atoms with E-state index in [1.165, 1.54) is 11.3 Å². The first kappa shape index (κ1) is 23.4. The van der Waals surface area contributed by atoms with Crippen LogP contribution in [-0.2, 0) is 21.5 Å². The van der Waals surface area contributed by atoms with Gasteiger partial charge in [0, 0.05) is 35.3 Å². The molecule has 0 saturated heterocycles. The second-order valence-electron chi connectivity index (χ2n) is 8.65. The highest BCUT2D eigenvalue weighted by atomic mass is 32.1. The molecule has 8 heteroatoms. The van der Waals surface area contributed by atoms with Crippen LogP contribution in [-0.4, -0.2) is 33.7 Å². The number of rotatable bonds is 8. The highest BCUT2D eigenvalue weighted by molar-refractivity contribution is 7.14. The average Bonchev–Trinajstić information content (AvgIpc) is 3.41. The molecule has 2 amide bonds. The number of Topliss-reactive ketones (excluding diaryl/α,β-unsaturated/α-hetero) is 1. The Balaban J connectivity index is 1.51. The number of nitrogens with zero attached hydrogens (tertiary/aromatic N) is 2. The number of carbonyl (C=O) groups is 3. The van der Waals surface area contributed by atoms with Gasteiger partial charge in [0.15, 0.2) is 5.13 Å². The molecule has 0 aliphatic rings. The predicted molar refractivity (Wildman–Crippen MR) is 127 cm³/mol. The van der Waals surface area contributed by atoms with Crippen LogP contribution in [0.5, 0.6) is 0 Å². The molecule has 0 bridgehead atoms. The molecule has 2 heterocycles. The number of aromatic nitrogens is 2. The molecule has 3 aromatic rings. The van der Waals surface area contributed by atoms with E-state index in [-0.39, 0.29) is 29.7 Å². The van der Waals surface area contributed by atoms with E-state index in [2.05, 4.69) is 15.6 Å². The molecule has 2 N–H and O–H groups in total. The van der Waals surface area contributed by atoms with Crippen molar-refractivity contribution in [2.75, 3.05) is 11.9 Å². The molecule has 0 unspecified atom stereocenters. The third-order valence-corrected chi connectivity index (χ3v) is 5.66. The van der Waals surface area contributed by atoms with Gasteiger partial charge in [-0.05, 0) is 45.7 Å². The first-order valence-corrected chi connectivity index (χ1v) is 11.3. The number of benzene rings is 1. The Morgan fingerprint density at radius 1 is 1.09 bits per heavy atom. The van der Waals surface area contributed by atoms with Crippen LogP contribution in [0.2, 0.25) is 0 Å². The van der Waals surface area contributed by atoms with E-state index >= 15 is 0 Å². The molecule has 0 aliphatic carbocycles. The van der Waals surface area contributed by atoms with Gasteiger partial charge in [0.1, 0.15) is 5.78 Å². The summed E-state index contributed by atoms with van der Waals surface area (Å²) < 4.78 is 1.95. The van der Waals surface area contributed by atoms with Crippen LogP contribution in [0.1, 0.15) is 50.0 Å². The van der Waals surface area contributed by atoms with Gasteiger partial charge in [0.05, 0.1) is 17.8 Å². The Labute approximate surface area is 191 Å². The summed E-state index contributed by atoms with van der Waals surface area (Å²) in [5.41, 5.74) is 3.19. The number of hydrogen-bond acceptors (Lipinski definition) is 5. The van der Waals surface area contributed by atoms with E-state index in [1.54, 1.807) is 19.2 Å². The third kappa shape index (κ3) is 6.37. The van der Waals surface area contributed by atoms with Gasteiger partial charge in [0.25, 0.3) is 5.91 Å². The first-order chi connectivity index (χ1) is 15.1. The topological polar surface area (TPSA) is 93.1 Å². The fraction of sp³-hybridized carbons (Fsp3) is 0.333. The lowest BCUT2D eigenvalue weighted by atomic mass is 10.1. The number of amides is 2. The molecule has 7 nitrogen and oxygen atoms in total. The zero-order valence-electron chi connectivity index (χ0n) is 18.8. The lowest BCUT2D eigenvalue weighted by Gasteiger charge is -2.20. The van der Waals surface area contributed by atoms with E-state index in [9.17, 15) is 14.4 Å². The number of ketones is 1. The van der Waals surface area contributed by atoms with Crippen molar-refractivity contribution >= 4 is 34.1 Å². The van der Waals surface area contributed by atoms with Crippen LogP contribution in [0, 0.1) is 0 Å². The summed E-state index contributed by atoms with van der Waals surface area (Å²) in [6.07, 6.45) is 4.87. The number of carbonyl (C=O) groups excluding carboxylic acids is 3. The largest absolute Gasteiger partial charge is 0.348 e. The Kier molecular flexibility index (Phi) is 7.25. The van der Waals surface area contributed by atoms with E-state index in [0.29, 0.717) is 17.1 Å². The summed E-state index contributed by atoms with van der Waals surface area (Å²) in [5, 5.41) is 7.70. The Hall–Kier alpha value is -3.26. The smallest absolute Gasteiger partial charge is 0.253 e. The van der Waals surface area contributed by atoms with Crippen LogP contribution < -0.4 is 10.6 Å². The lowest BCUT2D eigenvalue weighted by molar-refractivity contribution is -0.117. The zero-order valence-corrected chi connectivity index (χ0v) is 19.6. The second kappa shape index (κ2) is 9.91. The van der Waals surface area contributed by atoms with E-state index in [0.717, 1.165) is 23.2 Å². The Morgan fingerprint density at radius 3 is 2.44 bits per heavy atom. The number of anilines is 1. The molecule has 0 fully saturated rings. The predicted octanol–water partition coefficient (Wildman–Crippen LogP) is 4.26. The number of hydrogen-bond donors (Lipinski definition) is 2. The fourth-order valence-electron chi connectivity index (χ4n) is 3.00. The molecule has 3 rings (SSSR count). The SMILES string of the molecule is CC(=O)CCc1ccc(-c2csc(NC(=O)CNC(=O)c3ccn(C(C)(C)C)c3)n2)cc1. The molecule has 168 valence electrons. The summed E-state index contributed by atoms with van der Waals surface area (Å²) in [6, 6.07) is 9.62. The van der Waals surface area contributed by atoms with Crippen molar-refractivity contribution in [3.8, 4) is 11.3 Å². The van der Waals surface area contributed by atoms with Gasteiger partial charge in [-0.3, -0.25) is 9.59 Å². The molecule has 0 radical (unpaired) electrons. The van der Waals surface area contributed by atoms with Crippen LogP contribution in [0.4, 0.5) is 5.13 Å². The quantitative estimate of drug-likeness (QED) is 0.534. The number of nitrogens with one attached hydrogen (secondary N) is 2. The minimum atomic E-state index is -0.339. The highest BCUT2D eigenvalue weighted by Crippen LogP contribution is 2.25. The van der Waals surface area contributed by atoms with Gasteiger partial charge in [-0.15, -0.1) is 11.3 Å². The fourth-order valence-corrected chi connectivity index (χ4v) is 3.74. The van der Waals surface area contributed by atoms with Crippen molar-refractivity contribution < 1.29 is 14.4 Å². The van der Waals surface area contributed by atoms with Gasteiger partial charge in [0.2, 0.25) is 5.91 Å². The maximum absolute atomic E-state index is 12.3. The summed E-state index contributed by atoms with van der Waals surface area (Å²) in [4.78, 5) is 40.1. The van der Waals surface area contributed by atoms with Crippen LogP contribution >= 0.6 is 11.3 Å². The van der Waals surface area contributed by atoms with Crippen molar-refractivity contribution in [1.82, 2.24) is 14.9 Å². The zero-order chi connectivity index (χ0) is 23.3. The molecule has 1 aromatic carbocycles. The molecule has 32 heavy (non-hydrogen) atoms. The maximum Gasteiger partial charge on any atom is 0.253 e.